The lowest BCUT2D eigenvalue weighted by atomic mass is 9.89. The molecule has 19 heavy (non-hydrogen) atoms. The Labute approximate surface area is 113 Å². The van der Waals surface area contributed by atoms with Crippen molar-refractivity contribution >= 4 is 0 Å². The zero-order chi connectivity index (χ0) is 13.2. The van der Waals surface area contributed by atoms with Crippen molar-refractivity contribution in [1.82, 2.24) is 4.90 Å². The predicted molar refractivity (Wildman–Crippen MR) is 70.7 cm³/mol. The monoisotopic (exact) mass is 265 g/mol. The summed E-state index contributed by atoms with van der Waals surface area (Å²) in [5, 5.41) is 9.98. The second kappa shape index (κ2) is 5.47. The van der Waals surface area contributed by atoms with E-state index >= 15 is 0 Å². The van der Waals surface area contributed by atoms with Crippen LogP contribution in [-0.4, -0.2) is 41.3 Å². The summed E-state index contributed by atoms with van der Waals surface area (Å²) in [7, 11) is 0. The van der Waals surface area contributed by atoms with Crippen LogP contribution in [0.3, 0.4) is 0 Å². The summed E-state index contributed by atoms with van der Waals surface area (Å²) < 4.78 is 18.8. The summed E-state index contributed by atoms with van der Waals surface area (Å²) in [6.45, 7) is 1.66. The van der Waals surface area contributed by atoms with Crippen LogP contribution in [0.4, 0.5) is 4.39 Å². The van der Waals surface area contributed by atoms with Gasteiger partial charge in [0.05, 0.1) is 6.10 Å². The summed E-state index contributed by atoms with van der Waals surface area (Å²) in [6.07, 6.45) is 4.26. The number of hydrogen-bond acceptors (Lipinski definition) is 3. The van der Waals surface area contributed by atoms with Crippen molar-refractivity contribution in [2.75, 3.05) is 13.1 Å². The van der Waals surface area contributed by atoms with Gasteiger partial charge in [-0.1, -0.05) is 18.9 Å². The number of nitrogens with zero attached hydrogens (tertiary/aromatic N) is 1. The molecule has 1 aromatic rings. The molecule has 1 aliphatic carbocycles. The maximum Gasteiger partial charge on any atom is 0.126 e. The third kappa shape index (κ3) is 2.90. The molecule has 0 spiro atoms. The molecule has 4 heteroatoms. The molecule has 1 unspecified atom stereocenters. The van der Waals surface area contributed by atoms with Gasteiger partial charge in [0.1, 0.15) is 17.7 Å². The summed E-state index contributed by atoms with van der Waals surface area (Å²) in [5.74, 6) is 0.324. The Morgan fingerprint density at radius 2 is 2.00 bits per heavy atom. The molecule has 0 amide bonds. The van der Waals surface area contributed by atoms with E-state index in [-0.39, 0.29) is 18.0 Å². The van der Waals surface area contributed by atoms with Crippen molar-refractivity contribution < 1.29 is 14.2 Å². The molecule has 1 aromatic carbocycles. The summed E-state index contributed by atoms with van der Waals surface area (Å²) in [6, 6.07) is 6.56. The van der Waals surface area contributed by atoms with Gasteiger partial charge in [0.2, 0.25) is 0 Å². The molecule has 2 atom stereocenters. The van der Waals surface area contributed by atoms with Gasteiger partial charge in [-0.2, -0.15) is 0 Å². The van der Waals surface area contributed by atoms with Crippen LogP contribution in [0.5, 0.6) is 5.75 Å². The van der Waals surface area contributed by atoms with E-state index < -0.39 is 0 Å². The van der Waals surface area contributed by atoms with E-state index in [0.29, 0.717) is 11.8 Å². The van der Waals surface area contributed by atoms with Crippen molar-refractivity contribution in [3.8, 4) is 5.75 Å². The van der Waals surface area contributed by atoms with Gasteiger partial charge in [0.25, 0.3) is 0 Å². The molecule has 1 aliphatic heterocycles. The average molecular weight is 265 g/mol. The Morgan fingerprint density at radius 3 is 2.74 bits per heavy atom. The zero-order valence-electron chi connectivity index (χ0n) is 11.0. The first-order valence-corrected chi connectivity index (χ1v) is 7.07. The molecule has 1 saturated carbocycles. The Balaban J connectivity index is 1.50. The number of ether oxygens (including phenoxy) is 1. The van der Waals surface area contributed by atoms with E-state index in [1.165, 1.54) is 18.6 Å². The van der Waals surface area contributed by atoms with E-state index in [9.17, 15) is 9.50 Å². The first kappa shape index (κ1) is 12.9. The van der Waals surface area contributed by atoms with E-state index in [0.717, 1.165) is 32.4 Å². The number of hydrogen-bond donors (Lipinski definition) is 1. The van der Waals surface area contributed by atoms with Gasteiger partial charge in [-0.15, -0.1) is 0 Å². The topological polar surface area (TPSA) is 32.7 Å². The largest absolute Gasteiger partial charge is 0.488 e. The van der Waals surface area contributed by atoms with Gasteiger partial charge in [0.15, 0.2) is 0 Å². The van der Waals surface area contributed by atoms with Crippen molar-refractivity contribution in [2.45, 2.75) is 43.9 Å². The molecule has 2 fully saturated rings. The predicted octanol–water partition coefficient (Wildman–Crippen LogP) is 2.19. The molecule has 1 heterocycles. The fraction of sp³-hybridized carbons (Fsp3) is 0.600. The quantitative estimate of drug-likeness (QED) is 0.909. The van der Waals surface area contributed by atoms with Crippen molar-refractivity contribution in [3.05, 3.63) is 30.1 Å². The van der Waals surface area contributed by atoms with E-state index in [4.69, 9.17) is 4.74 Å². The molecule has 2 aliphatic rings. The van der Waals surface area contributed by atoms with Gasteiger partial charge in [-0.3, -0.25) is 4.90 Å². The van der Waals surface area contributed by atoms with Crippen molar-refractivity contribution in [3.63, 3.8) is 0 Å². The standard InChI is InChI=1S/C15H20FNO2/c16-11-4-3-5-12(8-11)19-13-9-17(10-13)14-6-1-2-7-15(14)18/h3-5,8,13-15,18H,1-2,6-7,9-10H2/t14?,15-/m1/s1. The van der Waals surface area contributed by atoms with Crippen molar-refractivity contribution in [2.24, 2.45) is 0 Å². The van der Waals surface area contributed by atoms with Gasteiger partial charge >= 0.3 is 0 Å². The fourth-order valence-electron chi connectivity index (χ4n) is 3.07. The lowest BCUT2D eigenvalue weighted by Gasteiger charge is -2.46. The number of benzene rings is 1. The minimum Gasteiger partial charge on any atom is -0.488 e. The van der Waals surface area contributed by atoms with Crippen LogP contribution in [0.25, 0.3) is 0 Å². The molecule has 1 N–H and O–H groups in total. The number of likely N-dealkylation sites (tertiary alicyclic amines) is 1. The number of rotatable bonds is 3. The fourth-order valence-corrected chi connectivity index (χ4v) is 3.07. The average Bonchev–Trinajstić information content (AvgIpc) is 2.35. The zero-order valence-corrected chi connectivity index (χ0v) is 11.0. The molecule has 0 aromatic heterocycles. The van der Waals surface area contributed by atoms with Crippen LogP contribution in [0, 0.1) is 5.82 Å². The molecule has 0 radical (unpaired) electrons. The van der Waals surface area contributed by atoms with Crippen LogP contribution in [0.2, 0.25) is 0 Å². The summed E-state index contributed by atoms with van der Waals surface area (Å²) >= 11 is 0. The molecular weight excluding hydrogens is 245 g/mol. The second-order valence-electron chi connectivity index (χ2n) is 5.57. The highest BCUT2D eigenvalue weighted by molar-refractivity contribution is 5.23. The highest BCUT2D eigenvalue weighted by Gasteiger charge is 2.37. The lowest BCUT2D eigenvalue weighted by Crippen LogP contribution is -2.61. The van der Waals surface area contributed by atoms with Gasteiger partial charge in [0, 0.05) is 25.2 Å². The van der Waals surface area contributed by atoms with Crippen LogP contribution >= 0.6 is 0 Å². The van der Waals surface area contributed by atoms with Crippen LogP contribution < -0.4 is 4.74 Å². The van der Waals surface area contributed by atoms with Crippen molar-refractivity contribution in [1.29, 1.82) is 0 Å². The smallest absolute Gasteiger partial charge is 0.126 e. The Hall–Kier alpha value is -1.13. The van der Waals surface area contributed by atoms with E-state index in [2.05, 4.69) is 4.90 Å². The van der Waals surface area contributed by atoms with E-state index in [1.54, 1.807) is 12.1 Å². The first-order valence-electron chi connectivity index (χ1n) is 7.07. The lowest BCUT2D eigenvalue weighted by molar-refractivity contribution is -0.0627. The third-order valence-corrected chi connectivity index (χ3v) is 4.14. The number of aliphatic hydroxyl groups excluding tert-OH is 1. The highest BCUT2D eigenvalue weighted by Crippen LogP contribution is 2.28. The van der Waals surface area contributed by atoms with E-state index in [1.807, 2.05) is 0 Å². The number of halogens is 1. The third-order valence-electron chi connectivity index (χ3n) is 4.14. The molecular formula is C15H20FNO2. The maximum atomic E-state index is 13.0. The molecule has 104 valence electrons. The van der Waals surface area contributed by atoms with Crippen LogP contribution in [0.15, 0.2) is 24.3 Å². The molecule has 1 saturated heterocycles. The highest BCUT2D eigenvalue weighted by atomic mass is 19.1. The van der Waals surface area contributed by atoms with Crippen LogP contribution in [-0.2, 0) is 0 Å². The maximum absolute atomic E-state index is 13.0. The number of aliphatic hydroxyl groups is 1. The van der Waals surface area contributed by atoms with Gasteiger partial charge in [-0.05, 0) is 25.0 Å². The Kier molecular flexibility index (Phi) is 3.71. The normalized spacial score (nSPS) is 28.9. The summed E-state index contributed by atoms with van der Waals surface area (Å²) in [4.78, 5) is 2.29. The second-order valence-corrected chi connectivity index (χ2v) is 5.57. The summed E-state index contributed by atoms with van der Waals surface area (Å²) in [5.41, 5.74) is 0. The Bertz CT molecular complexity index is 434. The molecule has 0 bridgehead atoms. The minimum absolute atomic E-state index is 0.121. The SMILES string of the molecule is O[C@@H]1CCCCC1N1CC(Oc2cccc(F)c2)C1. The Morgan fingerprint density at radius 1 is 1.21 bits per heavy atom. The molecule has 3 nitrogen and oxygen atoms in total. The van der Waals surface area contributed by atoms with Crippen LogP contribution in [0.1, 0.15) is 25.7 Å². The van der Waals surface area contributed by atoms with Gasteiger partial charge < -0.3 is 9.84 Å². The minimum atomic E-state index is -0.267. The first-order chi connectivity index (χ1) is 9.22. The molecule has 3 rings (SSSR count). The van der Waals surface area contributed by atoms with Gasteiger partial charge in [-0.25, -0.2) is 4.39 Å².